The van der Waals surface area contributed by atoms with Crippen molar-refractivity contribution in [1.29, 1.82) is 0 Å². The van der Waals surface area contributed by atoms with Crippen molar-refractivity contribution in [2.45, 2.75) is 70.4 Å². The largest absolute Gasteiger partial charge is 0.489 e. The van der Waals surface area contributed by atoms with Gasteiger partial charge in [-0.1, -0.05) is 12.1 Å². The SMILES string of the molecule is CC(C)Oc1cc2nc(CCCNC(=O)CN3CCC(c4ccc(NC5CCC(=O)NC5=O)cc4)CC3)cn2cc1NC=O. The number of amides is 4. The van der Waals surface area contributed by atoms with Gasteiger partial charge in [-0.05, 0) is 82.7 Å². The molecular formula is C32H41N7O5. The van der Waals surface area contributed by atoms with Crippen molar-refractivity contribution in [1.82, 2.24) is 24.9 Å². The molecule has 12 heteroatoms. The average molecular weight is 604 g/mol. The number of imide groups is 1. The maximum absolute atomic E-state index is 12.6. The van der Waals surface area contributed by atoms with Crippen molar-refractivity contribution < 1.29 is 23.9 Å². The molecule has 2 fully saturated rings. The van der Waals surface area contributed by atoms with Crippen LogP contribution in [0.4, 0.5) is 11.4 Å². The highest BCUT2D eigenvalue weighted by Gasteiger charge is 2.27. The van der Waals surface area contributed by atoms with Gasteiger partial charge in [-0.3, -0.25) is 29.4 Å². The molecule has 2 aliphatic heterocycles. The Morgan fingerprint density at radius 2 is 1.91 bits per heavy atom. The van der Waals surface area contributed by atoms with E-state index in [1.54, 1.807) is 6.20 Å². The lowest BCUT2D eigenvalue weighted by Gasteiger charge is -2.31. The number of imidazole rings is 1. The van der Waals surface area contributed by atoms with Crippen molar-refractivity contribution in [2.24, 2.45) is 0 Å². The summed E-state index contributed by atoms with van der Waals surface area (Å²) in [6.45, 7) is 6.53. The van der Waals surface area contributed by atoms with Crippen LogP contribution in [0.15, 0.2) is 42.7 Å². The van der Waals surface area contributed by atoms with Crippen LogP contribution >= 0.6 is 0 Å². The monoisotopic (exact) mass is 603 g/mol. The van der Waals surface area contributed by atoms with Gasteiger partial charge >= 0.3 is 0 Å². The van der Waals surface area contributed by atoms with E-state index in [1.165, 1.54) is 5.56 Å². The molecule has 1 atom stereocenters. The van der Waals surface area contributed by atoms with Gasteiger partial charge in [0.1, 0.15) is 23.1 Å². The number of aromatic nitrogens is 2. The Morgan fingerprint density at radius 3 is 2.61 bits per heavy atom. The molecule has 2 saturated heterocycles. The number of likely N-dealkylation sites (tertiary alicyclic amines) is 1. The Labute approximate surface area is 256 Å². The summed E-state index contributed by atoms with van der Waals surface area (Å²) in [6.07, 6.45) is 8.60. The van der Waals surface area contributed by atoms with E-state index in [4.69, 9.17) is 4.74 Å². The number of fused-ring (bicyclic) bond motifs is 1. The Balaban J connectivity index is 1.01. The summed E-state index contributed by atoms with van der Waals surface area (Å²) in [4.78, 5) is 53.9. The maximum Gasteiger partial charge on any atom is 0.249 e. The minimum atomic E-state index is -0.390. The normalized spacial score (nSPS) is 17.8. The average Bonchev–Trinajstić information content (AvgIpc) is 3.39. The highest BCUT2D eigenvalue weighted by Crippen LogP contribution is 2.29. The van der Waals surface area contributed by atoms with E-state index in [1.807, 2.05) is 42.6 Å². The maximum atomic E-state index is 12.6. The van der Waals surface area contributed by atoms with E-state index in [2.05, 4.69) is 43.3 Å². The number of aryl methyl sites for hydroxylation is 1. The fourth-order valence-electron chi connectivity index (χ4n) is 5.78. The van der Waals surface area contributed by atoms with Gasteiger partial charge in [0.05, 0.1) is 18.3 Å². The van der Waals surface area contributed by atoms with E-state index in [0.717, 1.165) is 49.4 Å². The molecule has 44 heavy (non-hydrogen) atoms. The van der Waals surface area contributed by atoms with E-state index >= 15 is 0 Å². The first-order valence-electron chi connectivity index (χ1n) is 15.3. The fourth-order valence-corrected chi connectivity index (χ4v) is 5.78. The molecule has 0 radical (unpaired) electrons. The lowest BCUT2D eigenvalue weighted by Crippen LogP contribution is -2.47. The number of carbonyl (C=O) groups is 4. The van der Waals surface area contributed by atoms with Crippen molar-refractivity contribution >= 4 is 41.2 Å². The second-order valence-electron chi connectivity index (χ2n) is 11.8. The van der Waals surface area contributed by atoms with Gasteiger partial charge in [-0.15, -0.1) is 0 Å². The minimum absolute atomic E-state index is 0.0300. The first kappa shape index (κ1) is 31.0. The predicted octanol–water partition coefficient (Wildman–Crippen LogP) is 2.84. The number of piperidine rings is 2. The molecule has 4 N–H and O–H groups in total. The molecule has 234 valence electrons. The molecule has 4 heterocycles. The molecular weight excluding hydrogens is 562 g/mol. The Kier molecular flexibility index (Phi) is 10.1. The first-order valence-corrected chi connectivity index (χ1v) is 15.3. The van der Waals surface area contributed by atoms with Crippen LogP contribution < -0.4 is 26.0 Å². The summed E-state index contributed by atoms with van der Waals surface area (Å²) in [7, 11) is 0. The number of hydrogen-bond donors (Lipinski definition) is 4. The van der Waals surface area contributed by atoms with Gasteiger partial charge in [-0.25, -0.2) is 4.98 Å². The number of carbonyl (C=O) groups excluding carboxylic acids is 4. The molecule has 12 nitrogen and oxygen atoms in total. The molecule has 1 unspecified atom stereocenters. The summed E-state index contributed by atoms with van der Waals surface area (Å²) in [6, 6.07) is 9.61. The molecule has 1 aromatic carbocycles. The molecule has 2 aliphatic rings. The quantitative estimate of drug-likeness (QED) is 0.133. The summed E-state index contributed by atoms with van der Waals surface area (Å²) in [5.74, 6) is 0.545. The standard InChI is InChI=1S/C32H41N7O5/c1-21(2)44-28-16-29-36-25(17-39(29)18-27(28)34-20-40)4-3-13-33-31(42)19-38-14-11-23(12-15-38)22-5-7-24(8-6-22)35-26-9-10-30(41)37-32(26)43/h5-8,16-18,20-21,23,26,35H,3-4,9-15,19H2,1-2H3,(H,33,42)(H,34,40)(H,37,41,43). The molecule has 3 aromatic rings. The Bertz CT molecular complexity index is 1480. The molecule has 0 bridgehead atoms. The topological polar surface area (TPSA) is 146 Å². The third-order valence-electron chi connectivity index (χ3n) is 8.03. The lowest BCUT2D eigenvalue weighted by molar-refractivity contribution is -0.133. The zero-order valence-electron chi connectivity index (χ0n) is 25.3. The summed E-state index contributed by atoms with van der Waals surface area (Å²) in [5.41, 5.74) is 4.35. The van der Waals surface area contributed by atoms with Gasteiger partial charge in [0.2, 0.25) is 24.1 Å². The third-order valence-corrected chi connectivity index (χ3v) is 8.03. The van der Waals surface area contributed by atoms with Crippen LogP contribution in [0, 0.1) is 0 Å². The molecule has 5 rings (SSSR count). The molecule has 2 aromatic heterocycles. The second-order valence-corrected chi connectivity index (χ2v) is 11.8. The summed E-state index contributed by atoms with van der Waals surface area (Å²) >= 11 is 0. The number of pyridine rings is 1. The van der Waals surface area contributed by atoms with Crippen LogP contribution in [0.2, 0.25) is 0 Å². The second kappa shape index (κ2) is 14.3. The lowest BCUT2D eigenvalue weighted by atomic mass is 9.89. The van der Waals surface area contributed by atoms with Crippen LogP contribution in [0.25, 0.3) is 5.65 Å². The number of nitrogens with one attached hydrogen (secondary N) is 4. The van der Waals surface area contributed by atoms with Crippen LogP contribution in [-0.4, -0.2) is 76.7 Å². The molecule has 0 aliphatic carbocycles. The van der Waals surface area contributed by atoms with E-state index < -0.39 is 6.04 Å². The van der Waals surface area contributed by atoms with Crippen molar-refractivity contribution in [3.63, 3.8) is 0 Å². The predicted molar refractivity (Wildman–Crippen MR) is 167 cm³/mol. The van der Waals surface area contributed by atoms with Crippen molar-refractivity contribution in [3.05, 3.63) is 54.0 Å². The number of anilines is 2. The van der Waals surface area contributed by atoms with E-state index in [-0.39, 0.29) is 23.8 Å². The molecule has 4 amide bonds. The number of hydrogen-bond acceptors (Lipinski definition) is 8. The third kappa shape index (κ3) is 8.13. The van der Waals surface area contributed by atoms with E-state index in [0.29, 0.717) is 56.1 Å². The number of benzene rings is 1. The van der Waals surface area contributed by atoms with Gasteiger partial charge < -0.3 is 25.1 Å². The van der Waals surface area contributed by atoms with Crippen molar-refractivity contribution in [3.8, 4) is 5.75 Å². The zero-order valence-corrected chi connectivity index (χ0v) is 25.3. The van der Waals surface area contributed by atoms with Crippen LogP contribution in [-0.2, 0) is 25.6 Å². The number of ether oxygens (including phenoxy) is 1. The zero-order chi connectivity index (χ0) is 31.1. The van der Waals surface area contributed by atoms with E-state index in [9.17, 15) is 19.2 Å². The highest BCUT2D eigenvalue weighted by molar-refractivity contribution is 6.01. The molecule has 0 spiro atoms. The van der Waals surface area contributed by atoms with Gasteiger partial charge in [0.25, 0.3) is 0 Å². The molecule has 0 saturated carbocycles. The van der Waals surface area contributed by atoms with Crippen LogP contribution in [0.5, 0.6) is 5.75 Å². The summed E-state index contributed by atoms with van der Waals surface area (Å²) < 4.78 is 7.68. The summed E-state index contributed by atoms with van der Waals surface area (Å²) in [5, 5.41) is 11.3. The Hall–Kier alpha value is -4.45. The fraction of sp³-hybridized carbons (Fsp3) is 0.469. The van der Waals surface area contributed by atoms with Crippen LogP contribution in [0.3, 0.4) is 0 Å². The highest BCUT2D eigenvalue weighted by atomic mass is 16.5. The van der Waals surface area contributed by atoms with Gasteiger partial charge in [0, 0.05) is 37.1 Å². The number of nitrogens with zero attached hydrogens (tertiary/aromatic N) is 3. The minimum Gasteiger partial charge on any atom is -0.489 e. The van der Waals surface area contributed by atoms with Crippen molar-refractivity contribution in [2.75, 3.05) is 36.8 Å². The van der Waals surface area contributed by atoms with Gasteiger partial charge in [0.15, 0.2) is 0 Å². The van der Waals surface area contributed by atoms with Crippen LogP contribution in [0.1, 0.15) is 63.1 Å². The number of rotatable bonds is 13. The first-order chi connectivity index (χ1) is 21.3. The Morgan fingerprint density at radius 1 is 1.14 bits per heavy atom. The smallest absolute Gasteiger partial charge is 0.249 e. The van der Waals surface area contributed by atoms with Gasteiger partial charge in [-0.2, -0.15) is 0 Å².